The Hall–Kier alpha value is -2.12. The molecule has 4 nitrogen and oxygen atoms in total. The molecule has 1 unspecified atom stereocenters. The van der Waals surface area contributed by atoms with Gasteiger partial charge in [-0.15, -0.1) is 0 Å². The van der Waals surface area contributed by atoms with Gasteiger partial charge in [-0.2, -0.15) is 5.26 Å². The van der Waals surface area contributed by atoms with Crippen LogP contribution in [0.25, 0.3) is 10.9 Å². The van der Waals surface area contributed by atoms with Crippen LogP contribution in [0.5, 0.6) is 0 Å². The van der Waals surface area contributed by atoms with Crippen LogP contribution >= 0.6 is 0 Å². The summed E-state index contributed by atoms with van der Waals surface area (Å²) in [6.45, 7) is 8.39. The third-order valence-corrected chi connectivity index (χ3v) is 4.30. The number of nitriles is 1. The second kappa shape index (κ2) is 5.71. The molecule has 108 valence electrons. The number of piperazine rings is 1. The molecular formula is C17H20N4. The molecule has 2 aromatic rings. The van der Waals surface area contributed by atoms with Crippen LogP contribution in [-0.2, 0) is 0 Å². The molecule has 4 heteroatoms. The maximum Gasteiger partial charge on any atom is 0.147 e. The van der Waals surface area contributed by atoms with E-state index in [1.54, 1.807) is 0 Å². The van der Waals surface area contributed by atoms with Gasteiger partial charge >= 0.3 is 0 Å². The molecule has 1 aromatic carbocycles. The van der Waals surface area contributed by atoms with E-state index in [1.807, 2.05) is 30.3 Å². The Labute approximate surface area is 125 Å². The van der Waals surface area contributed by atoms with Crippen molar-refractivity contribution in [3.63, 3.8) is 0 Å². The van der Waals surface area contributed by atoms with E-state index in [0.717, 1.165) is 42.9 Å². The monoisotopic (exact) mass is 280 g/mol. The quantitative estimate of drug-likeness (QED) is 0.848. The number of hydrogen-bond acceptors (Lipinski definition) is 4. The minimum atomic E-state index is 0.489. The number of para-hydroxylation sites is 1. The summed E-state index contributed by atoms with van der Waals surface area (Å²) in [5, 5.41) is 10.5. The van der Waals surface area contributed by atoms with Crippen LogP contribution in [0.15, 0.2) is 30.3 Å². The second-order valence-electron chi connectivity index (χ2n) is 5.59. The molecule has 0 spiro atoms. The number of aromatic nitrogens is 1. The normalized spacial score (nSPS) is 19.7. The summed E-state index contributed by atoms with van der Waals surface area (Å²) < 4.78 is 0. The van der Waals surface area contributed by atoms with Crippen LogP contribution in [-0.4, -0.2) is 42.1 Å². The van der Waals surface area contributed by atoms with Crippen molar-refractivity contribution in [2.75, 3.05) is 31.1 Å². The minimum absolute atomic E-state index is 0.489. The first-order valence-corrected chi connectivity index (χ1v) is 7.51. The van der Waals surface area contributed by atoms with E-state index < -0.39 is 0 Å². The van der Waals surface area contributed by atoms with E-state index in [0.29, 0.717) is 11.6 Å². The molecule has 1 atom stereocenters. The van der Waals surface area contributed by atoms with Crippen LogP contribution in [0.3, 0.4) is 0 Å². The lowest BCUT2D eigenvalue weighted by atomic mass is 10.1. The van der Waals surface area contributed by atoms with Crippen LogP contribution in [0.2, 0.25) is 0 Å². The lowest BCUT2D eigenvalue weighted by Crippen LogP contribution is -2.52. The molecule has 0 aliphatic carbocycles. The summed E-state index contributed by atoms with van der Waals surface area (Å²) in [5.41, 5.74) is 1.63. The van der Waals surface area contributed by atoms with E-state index in [9.17, 15) is 5.26 Å². The zero-order valence-electron chi connectivity index (χ0n) is 12.6. The number of nitrogens with zero attached hydrogens (tertiary/aromatic N) is 4. The number of hydrogen-bond donors (Lipinski definition) is 0. The highest BCUT2D eigenvalue weighted by atomic mass is 15.3. The SMILES string of the molecule is CCN1CCN(c2nc3ccccc3cc2C#N)CC1C. The summed E-state index contributed by atoms with van der Waals surface area (Å²) >= 11 is 0. The van der Waals surface area contributed by atoms with Gasteiger partial charge in [-0.05, 0) is 25.6 Å². The van der Waals surface area contributed by atoms with E-state index >= 15 is 0 Å². The van der Waals surface area contributed by atoms with Gasteiger partial charge in [-0.3, -0.25) is 4.90 Å². The number of anilines is 1. The summed E-state index contributed by atoms with van der Waals surface area (Å²) in [5.74, 6) is 0.832. The second-order valence-corrected chi connectivity index (χ2v) is 5.59. The van der Waals surface area contributed by atoms with Gasteiger partial charge in [0, 0.05) is 31.1 Å². The van der Waals surface area contributed by atoms with E-state index in [1.165, 1.54) is 0 Å². The highest BCUT2D eigenvalue weighted by Crippen LogP contribution is 2.25. The summed E-state index contributed by atoms with van der Waals surface area (Å²) in [6, 6.07) is 12.7. The van der Waals surface area contributed by atoms with Crippen molar-refractivity contribution in [3.05, 3.63) is 35.9 Å². The van der Waals surface area contributed by atoms with Crippen LogP contribution in [0.1, 0.15) is 19.4 Å². The number of pyridine rings is 1. The third-order valence-electron chi connectivity index (χ3n) is 4.30. The van der Waals surface area contributed by atoms with Gasteiger partial charge < -0.3 is 4.90 Å². The maximum atomic E-state index is 9.45. The standard InChI is InChI=1S/C17H20N4/c1-3-20-8-9-21(12-13(20)2)17-15(11-18)10-14-6-4-5-7-16(14)19-17/h4-7,10,13H,3,8-9,12H2,1-2H3. The van der Waals surface area contributed by atoms with Crippen molar-refractivity contribution >= 4 is 16.7 Å². The predicted molar refractivity (Wildman–Crippen MR) is 85.4 cm³/mol. The van der Waals surface area contributed by atoms with Gasteiger partial charge in [0.15, 0.2) is 0 Å². The average molecular weight is 280 g/mol. The molecule has 0 radical (unpaired) electrons. The first-order chi connectivity index (χ1) is 10.2. The molecule has 3 rings (SSSR count). The molecule has 2 heterocycles. The number of fused-ring (bicyclic) bond motifs is 1. The Morgan fingerprint density at radius 2 is 2.14 bits per heavy atom. The highest BCUT2D eigenvalue weighted by Gasteiger charge is 2.25. The topological polar surface area (TPSA) is 43.2 Å². The Balaban J connectivity index is 1.98. The first-order valence-electron chi connectivity index (χ1n) is 7.51. The van der Waals surface area contributed by atoms with Gasteiger partial charge in [0.2, 0.25) is 0 Å². The molecule has 1 aliphatic heterocycles. The van der Waals surface area contributed by atoms with Gasteiger partial charge in [-0.25, -0.2) is 4.98 Å². The Morgan fingerprint density at radius 3 is 2.86 bits per heavy atom. The van der Waals surface area contributed by atoms with Gasteiger partial charge in [0.1, 0.15) is 11.9 Å². The van der Waals surface area contributed by atoms with Crippen molar-refractivity contribution in [2.24, 2.45) is 0 Å². The maximum absolute atomic E-state index is 9.45. The third kappa shape index (κ3) is 2.57. The van der Waals surface area contributed by atoms with E-state index in [-0.39, 0.29) is 0 Å². The molecule has 0 saturated carbocycles. The molecule has 1 saturated heterocycles. The van der Waals surface area contributed by atoms with Crippen molar-refractivity contribution < 1.29 is 0 Å². The molecule has 0 amide bonds. The lowest BCUT2D eigenvalue weighted by Gasteiger charge is -2.40. The fourth-order valence-corrected chi connectivity index (χ4v) is 3.09. The van der Waals surface area contributed by atoms with E-state index in [4.69, 9.17) is 4.98 Å². The number of likely N-dealkylation sites (N-methyl/N-ethyl adjacent to an activating group) is 1. The highest BCUT2D eigenvalue weighted by molar-refractivity contribution is 5.83. The van der Waals surface area contributed by atoms with Crippen LogP contribution < -0.4 is 4.90 Å². The van der Waals surface area contributed by atoms with Crippen molar-refractivity contribution in [1.82, 2.24) is 9.88 Å². The fourth-order valence-electron chi connectivity index (χ4n) is 3.09. The fraction of sp³-hybridized carbons (Fsp3) is 0.412. The summed E-state index contributed by atoms with van der Waals surface area (Å²) in [7, 11) is 0. The van der Waals surface area contributed by atoms with Crippen LogP contribution in [0.4, 0.5) is 5.82 Å². The van der Waals surface area contributed by atoms with Crippen molar-refractivity contribution in [3.8, 4) is 6.07 Å². The molecule has 1 fully saturated rings. The van der Waals surface area contributed by atoms with E-state index in [2.05, 4.69) is 29.7 Å². The molecule has 21 heavy (non-hydrogen) atoms. The molecule has 1 aliphatic rings. The Bertz CT molecular complexity index is 689. The molecular weight excluding hydrogens is 260 g/mol. The Morgan fingerprint density at radius 1 is 1.33 bits per heavy atom. The molecule has 0 bridgehead atoms. The Kier molecular flexibility index (Phi) is 3.76. The lowest BCUT2D eigenvalue weighted by molar-refractivity contribution is 0.199. The predicted octanol–water partition coefficient (Wildman–Crippen LogP) is 2.64. The zero-order valence-corrected chi connectivity index (χ0v) is 12.6. The smallest absolute Gasteiger partial charge is 0.147 e. The van der Waals surface area contributed by atoms with Crippen LogP contribution in [0, 0.1) is 11.3 Å². The number of benzene rings is 1. The molecule has 0 N–H and O–H groups in total. The average Bonchev–Trinajstić information content (AvgIpc) is 2.53. The summed E-state index contributed by atoms with van der Waals surface area (Å²) in [4.78, 5) is 9.45. The largest absolute Gasteiger partial charge is 0.353 e. The van der Waals surface area contributed by atoms with Gasteiger partial charge in [0.05, 0.1) is 11.1 Å². The number of rotatable bonds is 2. The first kappa shape index (κ1) is 13.8. The molecule has 1 aromatic heterocycles. The van der Waals surface area contributed by atoms with Gasteiger partial charge in [0.25, 0.3) is 0 Å². The minimum Gasteiger partial charge on any atom is -0.353 e. The zero-order chi connectivity index (χ0) is 14.8. The van der Waals surface area contributed by atoms with Crippen molar-refractivity contribution in [2.45, 2.75) is 19.9 Å². The van der Waals surface area contributed by atoms with Gasteiger partial charge in [-0.1, -0.05) is 25.1 Å². The summed E-state index contributed by atoms with van der Waals surface area (Å²) in [6.07, 6.45) is 0. The van der Waals surface area contributed by atoms with Crippen molar-refractivity contribution in [1.29, 1.82) is 5.26 Å².